The molecule has 2 unspecified atom stereocenters. The van der Waals surface area contributed by atoms with Crippen molar-refractivity contribution in [2.75, 3.05) is 0 Å². The van der Waals surface area contributed by atoms with Crippen molar-refractivity contribution in [2.24, 2.45) is 0 Å². The molecule has 0 aromatic heterocycles. The third kappa shape index (κ3) is 1.94. The van der Waals surface area contributed by atoms with E-state index in [2.05, 4.69) is 0 Å². The molecule has 1 aromatic rings. The third-order valence-electron chi connectivity index (χ3n) is 5.14. The Balaban J connectivity index is 2.15. The molecule has 3 rings (SSSR count). The fourth-order valence-electron chi connectivity index (χ4n) is 3.80. The number of nitrogens with zero attached hydrogens (tertiary/aromatic N) is 2. The zero-order chi connectivity index (χ0) is 16.2. The number of carbonyl (C=O) groups is 1. The number of fused-ring (bicyclic) bond motifs is 1. The molecular formula is C16H20N2O4. The standard InChI is InChI=1S/C16H20N2O4/c1-9-4-7-13(19)17(9)14-11-8-10(18(21)22)5-6-12(11)16(2,3)15(14)20/h5-6,8-9,14-15,20H,4,7H2,1-3H3/t9-,14?,15?/m1/s1. The highest BCUT2D eigenvalue weighted by molar-refractivity contribution is 5.79. The molecule has 1 N–H and O–H groups in total. The highest BCUT2D eigenvalue weighted by atomic mass is 16.6. The second kappa shape index (κ2) is 4.78. The van der Waals surface area contributed by atoms with Gasteiger partial charge in [0, 0.05) is 30.0 Å². The Kier molecular flexibility index (Phi) is 3.25. The van der Waals surface area contributed by atoms with E-state index in [0.29, 0.717) is 12.0 Å². The lowest BCUT2D eigenvalue weighted by molar-refractivity contribution is -0.385. The number of amides is 1. The van der Waals surface area contributed by atoms with Crippen molar-refractivity contribution >= 4 is 11.6 Å². The van der Waals surface area contributed by atoms with Crippen LogP contribution in [-0.4, -0.2) is 33.0 Å². The van der Waals surface area contributed by atoms with Gasteiger partial charge in [-0.1, -0.05) is 19.9 Å². The maximum Gasteiger partial charge on any atom is 0.269 e. The number of likely N-dealkylation sites (tertiary alicyclic amines) is 1. The molecule has 118 valence electrons. The van der Waals surface area contributed by atoms with Gasteiger partial charge < -0.3 is 10.0 Å². The fourth-order valence-corrected chi connectivity index (χ4v) is 3.80. The average molecular weight is 304 g/mol. The van der Waals surface area contributed by atoms with Gasteiger partial charge in [0.25, 0.3) is 5.69 Å². The summed E-state index contributed by atoms with van der Waals surface area (Å²) in [5.41, 5.74) is 1.03. The number of hydrogen-bond acceptors (Lipinski definition) is 4. The Morgan fingerprint density at radius 1 is 1.41 bits per heavy atom. The number of nitro groups is 1. The van der Waals surface area contributed by atoms with Crippen LogP contribution in [0.3, 0.4) is 0 Å². The molecule has 0 spiro atoms. The molecule has 1 heterocycles. The Bertz CT molecular complexity index is 656. The molecule has 1 aliphatic carbocycles. The number of aliphatic hydroxyl groups is 1. The molecule has 1 aliphatic heterocycles. The van der Waals surface area contributed by atoms with Gasteiger partial charge in [-0.15, -0.1) is 0 Å². The average Bonchev–Trinajstić information content (AvgIpc) is 2.87. The Morgan fingerprint density at radius 2 is 2.09 bits per heavy atom. The van der Waals surface area contributed by atoms with Crippen LogP contribution >= 0.6 is 0 Å². The first kappa shape index (κ1) is 15.0. The summed E-state index contributed by atoms with van der Waals surface area (Å²) in [6.07, 6.45) is 0.455. The Labute approximate surface area is 128 Å². The zero-order valence-corrected chi connectivity index (χ0v) is 12.9. The van der Waals surface area contributed by atoms with Crippen LogP contribution in [0.1, 0.15) is 50.8 Å². The van der Waals surface area contributed by atoms with Crippen LogP contribution in [0.2, 0.25) is 0 Å². The van der Waals surface area contributed by atoms with Gasteiger partial charge in [0.1, 0.15) is 0 Å². The maximum atomic E-state index is 12.2. The molecule has 22 heavy (non-hydrogen) atoms. The van der Waals surface area contributed by atoms with Gasteiger partial charge in [-0.3, -0.25) is 14.9 Å². The van der Waals surface area contributed by atoms with E-state index < -0.39 is 22.5 Å². The van der Waals surface area contributed by atoms with E-state index in [1.165, 1.54) is 12.1 Å². The number of hydrogen-bond donors (Lipinski definition) is 1. The summed E-state index contributed by atoms with van der Waals surface area (Å²) in [6, 6.07) is 4.21. The van der Waals surface area contributed by atoms with Crippen LogP contribution in [0.4, 0.5) is 5.69 Å². The molecule has 2 aliphatic rings. The van der Waals surface area contributed by atoms with E-state index in [1.807, 2.05) is 20.8 Å². The summed E-state index contributed by atoms with van der Waals surface area (Å²) < 4.78 is 0. The lowest BCUT2D eigenvalue weighted by atomic mass is 9.84. The number of carbonyl (C=O) groups excluding carboxylic acids is 1. The molecule has 6 nitrogen and oxygen atoms in total. The van der Waals surface area contributed by atoms with Gasteiger partial charge in [-0.25, -0.2) is 0 Å². The smallest absolute Gasteiger partial charge is 0.269 e. The summed E-state index contributed by atoms with van der Waals surface area (Å²) in [4.78, 5) is 24.6. The number of non-ortho nitro benzene ring substituents is 1. The molecule has 1 fully saturated rings. The highest BCUT2D eigenvalue weighted by Gasteiger charge is 2.51. The predicted octanol–water partition coefficient (Wildman–Crippen LogP) is 2.30. The van der Waals surface area contributed by atoms with E-state index in [0.717, 1.165) is 12.0 Å². The van der Waals surface area contributed by atoms with Gasteiger partial charge in [-0.05, 0) is 24.5 Å². The third-order valence-corrected chi connectivity index (χ3v) is 5.14. The number of rotatable bonds is 2. The molecule has 0 radical (unpaired) electrons. The van der Waals surface area contributed by atoms with Crippen molar-refractivity contribution in [1.29, 1.82) is 0 Å². The molecule has 6 heteroatoms. The van der Waals surface area contributed by atoms with Crippen LogP contribution in [0.25, 0.3) is 0 Å². The minimum absolute atomic E-state index is 0.00621. The lowest BCUT2D eigenvalue weighted by Crippen LogP contribution is -2.43. The molecular weight excluding hydrogens is 284 g/mol. The topological polar surface area (TPSA) is 83.7 Å². The molecule has 1 aromatic carbocycles. The largest absolute Gasteiger partial charge is 0.390 e. The van der Waals surface area contributed by atoms with Crippen LogP contribution in [0.5, 0.6) is 0 Å². The number of aliphatic hydroxyl groups excluding tert-OH is 1. The van der Waals surface area contributed by atoms with Crippen molar-refractivity contribution in [2.45, 2.75) is 57.2 Å². The Morgan fingerprint density at radius 3 is 2.64 bits per heavy atom. The van der Waals surface area contributed by atoms with Crippen molar-refractivity contribution < 1.29 is 14.8 Å². The Hall–Kier alpha value is -1.95. The number of nitro benzene ring substituents is 1. The highest BCUT2D eigenvalue weighted by Crippen LogP contribution is 2.50. The van der Waals surface area contributed by atoms with Crippen molar-refractivity contribution in [3.8, 4) is 0 Å². The van der Waals surface area contributed by atoms with E-state index in [-0.39, 0.29) is 17.6 Å². The van der Waals surface area contributed by atoms with Gasteiger partial charge in [0.05, 0.1) is 17.1 Å². The van der Waals surface area contributed by atoms with Crippen LogP contribution < -0.4 is 0 Å². The second-order valence-corrected chi connectivity index (χ2v) is 6.83. The van der Waals surface area contributed by atoms with Gasteiger partial charge in [-0.2, -0.15) is 0 Å². The van der Waals surface area contributed by atoms with Crippen molar-refractivity contribution in [3.05, 3.63) is 39.4 Å². The van der Waals surface area contributed by atoms with Gasteiger partial charge in [0.15, 0.2) is 0 Å². The number of benzene rings is 1. The summed E-state index contributed by atoms with van der Waals surface area (Å²) in [7, 11) is 0. The predicted molar refractivity (Wildman–Crippen MR) is 80.4 cm³/mol. The summed E-state index contributed by atoms with van der Waals surface area (Å²) in [6.45, 7) is 5.78. The first-order valence-electron chi connectivity index (χ1n) is 7.53. The molecule has 1 saturated heterocycles. The minimum atomic E-state index is -0.769. The van der Waals surface area contributed by atoms with Crippen molar-refractivity contribution in [1.82, 2.24) is 4.90 Å². The summed E-state index contributed by atoms with van der Waals surface area (Å²) in [5, 5.41) is 21.9. The SMILES string of the molecule is C[C@@H]1CCC(=O)N1C1c2cc([N+](=O)[O-])ccc2C(C)(C)C1O. The molecule has 3 atom stereocenters. The van der Waals surface area contributed by atoms with Crippen LogP contribution in [0.15, 0.2) is 18.2 Å². The van der Waals surface area contributed by atoms with Crippen molar-refractivity contribution in [3.63, 3.8) is 0 Å². The van der Waals surface area contributed by atoms with E-state index in [9.17, 15) is 20.0 Å². The summed E-state index contributed by atoms with van der Waals surface area (Å²) >= 11 is 0. The maximum absolute atomic E-state index is 12.2. The quantitative estimate of drug-likeness (QED) is 0.671. The summed E-state index contributed by atoms with van der Waals surface area (Å²) in [5.74, 6) is 0.00621. The normalized spacial score (nSPS) is 29.7. The van der Waals surface area contributed by atoms with Crippen LogP contribution in [0, 0.1) is 10.1 Å². The molecule has 1 amide bonds. The van der Waals surface area contributed by atoms with Gasteiger partial charge in [0.2, 0.25) is 5.91 Å². The van der Waals surface area contributed by atoms with Crippen LogP contribution in [-0.2, 0) is 10.2 Å². The van der Waals surface area contributed by atoms with E-state index >= 15 is 0 Å². The minimum Gasteiger partial charge on any atom is -0.390 e. The van der Waals surface area contributed by atoms with E-state index in [1.54, 1.807) is 11.0 Å². The lowest BCUT2D eigenvalue weighted by Gasteiger charge is -2.34. The second-order valence-electron chi connectivity index (χ2n) is 6.83. The molecule has 0 saturated carbocycles. The first-order valence-corrected chi connectivity index (χ1v) is 7.53. The van der Waals surface area contributed by atoms with Gasteiger partial charge >= 0.3 is 0 Å². The fraction of sp³-hybridized carbons (Fsp3) is 0.562. The monoisotopic (exact) mass is 304 g/mol. The van der Waals surface area contributed by atoms with E-state index in [4.69, 9.17) is 0 Å². The zero-order valence-electron chi connectivity index (χ0n) is 12.9. The molecule has 0 bridgehead atoms. The first-order chi connectivity index (χ1) is 10.2.